The Hall–Kier alpha value is -1.49. The molecule has 1 N–H and O–H groups in total. The topological polar surface area (TPSA) is 59.3 Å². The quantitative estimate of drug-likeness (QED) is 0.937. The second-order valence-electron chi connectivity index (χ2n) is 4.97. The van der Waals surface area contributed by atoms with Gasteiger partial charge in [-0.05, 0) is 38.5 Å². The highest BCUT2D eigenvalue weighted by Crippen LogP contribution is 2.31. The fourth-order valence-electron chi connectivity index (χ4n) is 2.17. The Bertz CT molecular complexity index is 699. The first-order valence-electron chi connectivity index (χ1n) is 6.38. The van der Waals surface area contributed by atoms with E-state index < -0.39 is 15.1 Å². The number of aromatic hydroxyl groups is 1. The maximum absolute atomic E-state index is 12.1. The van der Waals surface area contributed by atoms with E-state index in [-0.39, 0.29) is 11.5 Å². The van der Waals surface area contributed by atoms with Crippen molar-refractivity contribution >= 4 is 20.7 Å². The third-order valence-electron chi connectivity index (χ3n) is 3.38. The van der Waals surface area contributed by atoms with Crippen molar-refractivity contribution in [2.24, 2.45) is 0 Å². The Labute approximate surface area is 113 Å². The number of benzene rings is 1. The molecule has 0 atom stereocenters. The van der Waals surface area contributed by atoms with Crippen LogP contribution < -0.4 is 0 Å². The molecule has 0 aliphatic heterocycles. The van der Waals surface area contributed by atoms with Gasteiger partial charge in [-0.1, -0.05) is 6.07 Å². The molecule has 2 rings (SSSR count). The highest BCUT2D eigenvalue weighted by molar-refractivity contribution is 7.91. The maximum Gasteiger partial charge on any atom is 0.156 e. The molecule has 1 aromatic heterocycles. The smallest absolute Gasteiger partial charge is 0.156 e. The van der Waals surface area contributed by atoms with Crippen LogP contribution in [0.4, 0.5) is 0 Å². The molecule has 0 aliphatic rings. The Morgan fingerprint density at radius 2 is 2.00 bits per heavy atom. The molecule has 5 heteroatoms. The minimum Gasteiger partial charge on any atom is -0.507 e. The molecule has 0 spiro atoms. The molecule has 19 heavy (non-hydrogen) atoms. The molecule has 4 nitrogen and oxygen atoms in total. The van der Waals surface area contributed by atoms with E-state index in [4.69, 9.17) is 0 Å². The minimum absolute atomic E-state index is 0.0360. The van der Waals surface area contributed by atoms with Gasteiger partial charge in [0.25, 0.3) is 0 Å². The zero-order valence-corrected chi connectivity index (χ0v) is 12.2. The van der Waals surface area contributed by atoms with Crippen molar-refractivity contribution in [3.63, 3.8) is 0 Å². The molecule has 1 heterocycles. The van der Waals surface area contributed by atoms with E-state index in [1.165, 1.54) is 0 Å². The predicted molar refractivity (Wildman–Crippen MR) is 77.0 cm³/mol. The number of aromatic nitrogens is 1. The summed E-state index contributed by atoms with van der Waals surface area (Å²) in [7, 11) is -3.18. The Morgan fingerprint density at radius 3 is 2.58 bits per heavy atom. The normalized spacial score (nSPS) is 12.4. The van der Waals surface area contributed by atoms with Gasteiger partial charge in [0.05, 0.1) is 16.5 Å². The third-order valence-corrected chi connectivity index (χ3v) is 5.53. The number of phenols is 1. The summed E-state index contributed by atoms with van der Waals surface area (Å²) in [5.74, 6) is 0.102. The lowest BCUT2D eigenvalue weighted by atomic mass is 10.2. The van der Waals surface area contributed by atoms with Crippen LogP contribution >= 0.6 is 0 Å². The number of hydrogen-bond donors (Lipinski definition) is 1. The van der Waals surface area contributed by atoms with Crippen LogP contribution in [0.25, 0.3) is 10.9 Å². The number of nitrogens with zero attached hydrogens (tertiary/aromatic N) is 1. The summed E-state index contributed by atoms with van der Waals surface area (Å²) in [6.07, 6.45) is 1.82. The monoisotopic (exact) mass is 281 g/mol. The summed E-state index contributed by atoms with van der Waals surface area (Å²) in [6, 6.07) is 5.25. The standard InChI is InChI=1S/C14H19NO3S/c1-4-15-8-11(9-19(17,18)10(2)3)14-12(15)6-5-7-13(14)16/h5-8,10,16H,4,9H2,1-3H3. The molecule has 0 amide bonds. The fourth-order valence-corrected chi connectivity index (χ4v) is 3.16. The van der Waals surface area contributed by atoms with E-state index in [1.807, 2.05) is 23.8 Å². The zero-order valence-electron chi connectivity index (χ0n) is 11.4. The lowest BCUT2D eigenvalue weighted by molar-refractivity contribution is 0.481. The molecule has 0 aliphatic carbocycles. The van der Waals surface area contributed by atoms with Crippen LogP contribution in [0.3, 0.4) is 0 Å². The van der Waals surface area contributed by atoms with Crippen molar-refractivity contribution < 1.29 is 13.5 Å². The number of phenolic OH excluding ortho intramolecular Hbond substituents is 1. The van der Waals surface area contributed by atoms with Gasteiger partial charge in [-0.2, -0.15) is 0 Å². The second kappa shape index (κ2) is 4.89. The zero-order chi connectivity index (χ0) is 14.2. The van der Waals surface area contributed by atoms with Crippen LogP contribution in [-0.2, 0) is 22.1 Å². The summed E-state index contributed by atoms with van der Waals surface area (Å²) in [6.45, 7) is 6.08. The SMILES string of the molecule is CCn1cc(CS(=O)(=O)C(C)C)c2c(O)cccc21. The first-order chi connectivity index (χ1) is 8.86. The van der Waals surface area contributed by atoms with Crippen LogP contribution in [0.1, 0.15) is 26.3 Å². The Balaban J connectivity index is 2.62. The van der Waals surface area contributed by atoms with Gasteiger partial charge in [-0.25, -0.2) is 8.42 Å². The van der Waals surface area contributed by atoms with Gasteiger partial charge >= 0.3 is 0 Å². The van der Waals surface area contributed by atoms with E-state index in [1.54, 1.807) is 26.0 Å². The third kappa shape index (κ3) is 2.47. The van der Waals surface area contributed by atoms with Gasteiger partial charge in [-0.3, -0.25) is 0 Å². The Kier molecular flexibility index (Phi) is 3.58. The predicted octanol–water partition coefficient (Wildman–Crippen LogP) is 2.69. The lowest BCUT2D eigenvalue weighted by Crippen LogP contribution is -2.15. The number of fused-ring (bicyclic) bond motifs is 1. The maximum atomic E-state index is 12.1. The van der Waals surface area contributed by atoms with Gasteiger partial charge in [0.15, 0.2) is 9.84 Å². The molecular formula is C14H19NO3S. The van der Waals surface area contributed by atoms with Crippen molar-refractivity contribution in [2.45, 2.75) is 38.3 Å². The van der Waals surface area contributed by atoms with E-state index >= 15 is 0 Å². The van der Waals surface area contributed by atoms with Crippen LogP contribution in [-0.4, -0.2) is 23.3 Å². The van der Waals surface area contributed by atoms with Crippen LogP contribution in [0.5, 0.6) is 5.75 Å². The average molecular weight is 281 g/mol. The first-order valence-corrected chi connectivity index (χ1v) is 8.09. The molecule has 2 aromatic rings. The van der Waals surface area contributed by atoms with Crippen molar-refractivity contribution in [1.29, 1.82) is 0 Å². The Morgan fingerprint density at radius 1 is 1.32 bits per heavy atom. The summed E-state index contributed by atoms with van der Waals surface area (Å²) in [5, 5.41) is 10.2. The van der Waals surface area contributed by atoms with Gasteiger partial charge in [-0.15, -0.1) is 0 Å². The summed E-state index contributed by atoms with van der Waals surface area (Å²) < 4.78 is 26.1. The number of rotatable bonds is 4. The molecule has 0 bridgehead atoms. The van der Waals surface area contributed by atoms with Gasteiger partial charge in [0, 0.05) is 18.1 Å². The first kappa shape index (κ1) is 13.9. The highest BCUT2D eigenvalue weighted by Gasteiger charge is 2.21. The molecule has 0 saturated heterocycles. The minimum atomic E-state index is -3.18. The van der Waals surface area contributed by atoms with Crippen molar-refractivity contribution in [1.82, 2.24) is 4.57 Å². The molecule has 0 unspecified atom stereocenters. The van der Waals surface area contributed by atoms with E-state index in [0.717, 1.165) is 12.1 Å². The van der Waals surface area contributed by atoms with Gasteiger partial charge in [0.2, 0.25) is 0 Å². The molecule has 0 saturated carbocycles. The summed E-state index contributed by atoms with van der Waals surface area (Å²) in [4.78, 5) is 0. The largest absolute Gasteiger partial charge is 0.507 e. The van der Waals surface area contributed by atoms with Crippen LogP contribution in [0.15, 0.2) is 24.4 Å². The molecule has 0 fully saturated rings. The van der Waals surface area contributed by atoms with Crippen molar-refractivity contribution in [3.8, 4) is 5.75 Å². The number of hydrogen-bond acceptors (Lipinski definition) is 3. The molecule has 1 aromatic carbocycles. The van der Waals surface area contributed by atoms with Gasteiger partial charge in [0.1, 0.15) is 5.75 Å². The second-order valence-corrected chi connectivity index (χ2v) is 7.52. The summed E-state index contributed by atoms with van der Waals surface area (Å²) in [5.41, 5.74) is 1.54. The van der Waals surface area contributed by atoms with Crippen molar-refractivity contribution in [3.05, 3.63) is 30.0 Å². The molecule has 0 radical (unpaired) electrons. The van der Waals surface area contributed by atoms with E-state index in [2.05, 4.69) is 0 Å². The lowest BCUT2D eigenvalue weighted by Gasteiger charge is -2.07. The van der Waals surface area contributed by atoms with Crippen LogP contribution in [0.2, 0.25) is 0 Å². The van der Waals surface area contributed by atoms with E-state index in [9.17, 15) is 13.5 Å². The molecule has 104 valence electrons. The fraction of sp³-hybridized carbons (Fsp3) is 0.429. The van der Waals surface area contributed by atoms with Crippen LogP contribution in [0, 0.1) is 0 Å². The van der Waals surface area contributed by atoms with Gasteiger partial charge < -0.3 is 9.67 Å². The number of sulfone groups is 1. The summed E-state index contributed by atoms with van der Waals surface area (Å²) >= 11 is 0. The van der Waals surface area contributed by atoms with Crippen molar-refractivity contribution in [2.75, 3.05) is 0 Å². The average Bonchev–Trinajstić information content (AvgIpc) is 2.68. The van der Waals surface area contributed by atoms with E-state index in [0.29, 0.717) is 10.9 Å². The number of aryl methyl sites for hydroxylation is 1. The molecular weight excluding hydrogens is 262 g/mol. The highest BCUT2D eigenvalue weighted by atomic mass is 32.2.